The van der Waals surface area contributed by atoms with E-state index >= 15 is 0 Å². The molecule has 2 aliphatic rings. The van der Waals surface area contributed by atoms with Crippen LogP contribution in [0.3, 0.4) is 0 Å². The van der Waals surface area contributed by atoms with Gasteiger partial charge in [-0.2, -0.15) is 0 Å². The van der Waals surface area contributed by atoms with Crippen molar-refractivity contribution in [2.75, 3.05) is 44.2 Å². The molecule has 2 aromatic heterocycles. The van der Waals surface area contributed by atoms with Gasteiger partial charge in [0.15, 0.2) is 5.82 Å². The van der Waals surface area contributed by atoms with Gasteiger partial charge in [0.05, 0.1) is 5.69 Å². The number of anilines is 1. The first-order valence-corrected chi connectivity index (χ1v) is 10.1. The Bertz CT molecular complexity index is 841. The molecule has 0 radical (unpaired) electrons. The van der Waals surface area contributed by atoms with Crippen LogP contribution in [0.15, 0.2) is 36.7 Å². The van der Waals surface area contributed by atoms with E-state index < -0.39 is 0 Å². The Balaban J connectivity index is 1.30. The second-order valence-corrected chi connectivity index (χ2v) is 7.61. The Morgan fingerprint density at radius 1 is 0.931 bits per heavy atom. The van der Waals surface area contributed by atoms with Crippen molar-refractivity contribution in [1.29, 1.82) is 0 Å². The lowest BCUT2D eigenvalue weighted by atomic mass is 9.95. The third-order valence-corrected chi connectivity index (χ3v) is 5.81. The summed E-state index contributed by atoms with van der Waals surface area (Å²) in [6.45, 7) is 5.73. The quantitative estimate of drug-likeness (QED) is 0.784. The molecule has 0 bridgehead atoms. The maximum absolute atomic E-state index is 12.8. The fourth-order valence-electron chi connectivity index (χ4n) is 4.02. The maximum atomic E-state index is 12.8. The standard InChI is InChI=1S/C21H26N6O2/c1-16(28)25-11-13-27(14-12-25)21(29)17-6-9-26(10-7-17)20-5-4-19(23-24-20)18-3-2-8-22-15-18/h2-5,8,15,17H,6-7,9-14H2,1H3. The van der Waals surface area contributed by atoms with Crippen LogP contribution in [0.1, 0.15) is 19.8 Å². The topological polar surface area (TPSA) is 82.5 Å². The van der Waals surface area contributed by atoms with E-state index in [4.69, 9.17) is 0 Å². The van der Waals surface area contributed by atoms with Crippen LogP contribution < -0.4 is 4.90 Å². The van der Waals surface area contributed by atoms with Crippen molar-refractivity contribution in [3.8, 4) is 11.3 Å². The number of pyridine rings is 1. The number of piperidine rings is 1. The monoisotopic (exact) mass is 394 g/mol. The minimum atomic E-state index is 0.0535. The molecule has 8 nitrogen and oxygen atoms in total. The summed E-state index contributed by atoms with van der Waals surface area (Å²) >= 11 is 0. The first-order valence-electron chi connectivity index (χ1n) is 10.1. The second-order valence-electron chi connectivity index (χ2n) is 7.61. The molecule has 152 valence electrons. The maximum Gasteiger partial charge on any atom is 0.225 e. The Kier molecular flexibility index (Phi) is 5.69. The molecule has 2 aliphatic heterocycles. The van der Waals surface area contributed by atoms with Gasteiger partial charge in [0.25, 0.3) is 0 Å². The van der Waals surface area contributed by atoms with Crippen molar-refractivity contribution in [2.24, 2.45) is 5.92 Å². The first-order chi connectivity index (χ1) is 14.1. The molecule has 0 aliphatic carbocycles. The van der Waals surface area contributed by atoms with E-state index in [0.29, 0.717) is 26.2 Å². The molecular formula is C21H26N6O2. The minimum absolute atomic E-state index is 0.0535. The third kappa shape index (κ3) is 4.36. The highest BCUT2D eigenvalue weighted by Gasteiger charge is 2.31. The zero-order valence-corrected chi connectivity index (χ0v) is 16.7. The van der Waals surface area contributed by atoms with Crippen molar-refractivity contribution >= 4 is 17.6 Å². The number of nitrogens with zero attached hydrogens (tertiary/aromatic N) is 6. The van der Waals surface area contributed by atoms with E-state index in [1.807, 2.05) is 29.2 Å². The molecule has 0 aromatic carbocycles. The van der Waals surface area contributed by atoms with Crippen molar-refractivity contribution in [3.63, 3.8) is 0 Å². The summed E-state index contributed by atoms with van der Waals surface area (Å²) in [6.07, 6.45) is 5.15. The molecule has 0 atom stereocenters. The Labute approximate surface area is 170 Å². The van der Waals surface area contributed by atoms with Gasteiger partial charge >= 0.3 is 0 Å². The summed E-state index contributed by atoms with van der Waals surface area (Å²) in [5, 5.41) is 8.71. The summed E-state index contributed by atoms with van der Waals surface area (Å²) in [4.78, 5) is 34.3. The van der Waals surface area contributed by atoms with Crippen LogP contribution in [0.2, 0.25) is 0 Å². The number of rotatable bonds is 3. The lowest BCUT2D eigenvalue weighted by Gasteiger charge is -2.38. The lowest BCUT2D eigenvalue weighted by Crippen LogP contribution is -2.52. The molecular weight excluding hydrogens is 368 g/mol. The normalized spacial score (nSPS) is 18.0. The molecule has 2 saturated heterocycles. The van der Waals surface area contributed by atoms with Crippen LogP contribution in [-0.2, 0) is 9.59 Å². The Morgan fingerprint density at radius 2 is 1.66 bits per heavy atom. The molecule has 29 heavy (non-hydrogen) atoms. The number of carbonyl (C=O) groups is 2. The van der Waals surface area contributed by atoms with E-state index in [1.54, 1.807) is 24.2 Å². The van der Waals surface area contributed by atoms with E-state index in [9.17, 15) is 9.59 Å². The molecule has 2 fully saturated rings. The van der Waals surface area contributed by atoms with Gasteiger partial charge < -0.3 is 14.7 Å². The molecule has 2 amide bonds. The van der Waals surface area contributed by atoms with Crippen LogP contribution in [-0.4, -0.2) is 76.1 Å². The van der Waals surface area contributed by atoms with Crippen molar-refractivity contribution < 1.29 is 9.59 Å². The number of piperazine rings is 1. The molecule has 4 rings (SSSR count). The highest BCUT2D eigenvalue weighted by atomic mass is 16.2. The van der Waals surface area contributed by atoms with Crippen LogP contribution in [0.4, 0.5) is 5.82 Å². The molecule has 0 unspecified atom stereocenters. The van der Waals surface area contributed by atoms with Crippen molar-refractivity contribution in [1.82, 2.24) is 25.0 Å². The van der Waals surface area contributed by atoms with E-state index in [0.717, 1.165) is 43.0 Å². The Morgan fingerprint density at radius 3 is 2.24 bits per heavy atom. The molecule has 2 aromatic rings. The molecule has 0 spiro atoms. The van der Waals surface area contributed by atoms with Gasteiger partial charge in [-0.1, -0.05) is 0 Å². The largest absolute Gasteiger partial charge is 0.355 e. The highest BCUT2D eigenvalue weighted by Crippen LogP contribution is 2.25. The number of amides is 2. The summed E-state index contributed by atoms with van der Waals surface area (Å²) in [7, 11) is 0. The Hall–Kier alpha value is -3.03. The summed E-state index contributed by atoms with van der Waals surface area (Å²) in [5.41, 5.74) is 1.75. The van der Waals surface area contributed by atoms with Gasteiger partial charge in [-0.3, -0.25) is 14.6 Å². The molecule has 0 N–H and O–H groups in total. The number of aromatic nitrogens is 3. The molecule has 0 saturated carbocycles. The predicted molar refractivity (Wildman–Crippen MR) is 109 cm³/mol. The fourth-order valence-corrected chi connectivity index (χ4v) is 4.02. The summed E-state index contributed by atoms with van der Waals surface area (Å²) < 4.78 is 0. The van der Waals surface area contributed by atoms with Crippen molar-refractivity contribution in [2.45, 2.75) is 19.8 Å². The summed E-state index contributed by atoms with van der Waals surface area (Å²) in [6, 6.07) is 7.79. The summed E-state index contributed by atoms with van der Waals surface area (Å²) in [5.74, 6) is 1.21. The van der Waals surface area contributed by atoms with Gasteiger partial charge in [-0.15, -0.1) is 10.2 Å². The molecule has 4 heterocycles. The van der Waals surface area contributed by atoms with Gasteiger partial charge in [-0.05, 0) is 37.1 Å². The number of hydrogen-bond acceptors (Lipinski definition) is 6. The van der Waals surface area contributed by atoms with E-state index in [2.05, 4.69) is 20.1 Å². The number of hydrogen-bond donors (Lipinski definition) is 0. The smallest absolute Gasteiger partial charge is 0.225 e. The van der Waals surface area contributed by atoms with Gasteiger partial charge in [-0.25, -0.2) is 0 Å². The van der Waals surface area contributed by atoms with Crippen molar-refractivity contribution in [3.05, 3.63) is 36.7 Å². The van der Waals surface area contributed by atoms with Gasteiger partial charge in [0, 0.05) is 70.1 Å². The number of carbonyl (C=O) groups excluding carboxylic acids is 2. The van der Waals surface area contributed by atoms with E-state index in [-0.39, 0.29) is 17.7 Å². The minimum Gasteiger partial charge on any atom is -0.355 e. The molecule has 8 heteroatoms. The zero-order valence-electron chi connectivity index (χ0n) is 16.7. The van der Waals surface area contributed by atoms with Gasteiger partial charge in [0.2, 0.25) is 11.8 Å². The van der Waals surface area contributed by atoms with Gasteiger partial charge in [0.1, 0.15) is 0 Å². The van der Waals surface area contributed by atoms with Crippen LogP contribution >= 0.6 is 0 Å². The average Bonchev–Trinajstić information content (AvgIpc) is 2.79. The lowest BCUT2D eigenvalue weighted by molar-refractivity contribution is -0.141. The zero-order chi connectivity index (χ0) is 20.2. The third-order valence-electron chi connectivity index (χ3n) is 5.81. The van der Waals surface area contributed by atoms with Crippen LogP contribution in [0.25, 0.3) is 11.3 Å². The van der Waals surface area contributed by atoms with E-state index in [1.165, 1.54) is 0 Å². The SMILES string of the molecule is CC(=O)N1CCN(C(=O)C2CCN(c3ccc(-c4cccnc4)nn3)CC2)CC1. The second kappa shape index (κ2) is 8.55. The first kappa shape index (κ1) is 19.3. The predicted octanol–water partition coefficient (Wildman–Crippen LogP) is 1.45. The van der Waals surface area contributed by atoms with Crippen LogP contribution in [0.5, 0.6) is 0 Å². The average molecular weight is 394 g/mol. The fraction of sp³-hybridized carbons (Fsp3) is 0.476. The van der Waals surface area contributed by atoms with Crippen LogP contribution in [0, 0.1) is 5.92 Å². The highest BCUT2D eigenvalue weighted by molar-refractivity contribution is 5.80.